The molecule has 156 valence electrons. The van der Waals surface area contributed by atoms with Gasteiger partial charge in [-0.15, -0.1) is 0 Å². The molecule has 1 amide bonds. The third-order valence-corrected chi connectivity index (χ3v) is 5.37. The summed E-state index contributed by atoms with van der Waals surface area (Å²) in [6.45, 7) is 5.16. The fourth-order valence-electron chi connectivity index (χ4n) is 3.46. The van der Waals surface area contributed by atoms with Crippen LogP contribution in [0.4, 0.5) is 4.79 Å². The normalized spacial score (nSPS) is 12.3. The minimum atomic E-state index is -0.844. The van der Waals surface area contributed by atoms with Crippen LogP contribution in [0.5, 0.6) is 0 Å². The smallest absolute Gasteiger partial charge is 0.407 e. The van der Waals surface area contributed by atoms with Crippen molar-refractivity contribution in [1.82, 2.24) is 4.90 Å². The molecular formula is C22H46N2O2. The van der Waals surface area contributed by atoms with Crippen molar-refractivity contribution >= 4 is 6.09 Å². The molecule has 0 radical (unpaired) electrons. The second kappa shape index (κ2) is 19.0. The van der Waals surface area contributed by atoms with Crippen LogP contribution in [-0.2, 0) is 0 Å². The molecule has 0 aromatic rings. The van der Waals surface area contributed by atoms with Crippen LogP contribution in [0.1, 0.15) is 117 Å². The Morgan fingerprint density at radius 3 is 1.42 bits per heavy atom. The Hall–Kier alpha value is -0.770. The predicted molar refractivity (Wildman–Crippen MR) is 113 cm³/mol. The molecule has 0 spiro atoms. The van der Waals surface area contributed by atoms with Crippen LogP contribution in [0.3, 0.4) is 0 Å². The van der Waals surface area contributed by atoms with Crippen molar-refractivity contribution in [2.75, 3.05) is 13.1 Å². The molecule has 1 atom stereocenters. The Labute approximate surface area is 162 Å². The molecule has 3 N–H and O–H groups in total. The summed E-state index contributed by atoms with van der Waals surface area (Å²) < 4.78 is 0. The number of hydrogen-bond acceptors (Lipinski definition) is 2. The van der Waals surface area contributed by atoms with E-state index in [-0.39, 0.29) is 6.04 Å². The summed E-state index contributed by atoms with van der Waals surface area (Å²) >= 11 is 0. The van der Waals surface area contributed by atoms with E-state index in [2.05, 4.69) is 6.92 Å². The van der Waals surface area contributed by atoms with Crippen LogP contribution in [0.25, 0.3) is 0 Å². The molecule has 0 fully saturated rings. The first-order chi connectivity index (χ1) is 12.6. The van der Waals surface area contributed by atoms with Crippen LogP contribution >= 0.6 is 0 Å². The fourth-order valence-corrected chi connectivity index (χ4v) is 3.46. The zero-order chi connectivity index (χ0) is 19.5. The topological polar surface area (TPSA) is 66.6 Å². The van der Waals surface area contributed by atoms with Gasteiger partial charge in [0, 0.05) is 19.1 Å². The standard InChI is InChI=1S/C22H46N2O2/c1-3-4-5-6-7-8-9-10-11-12-13-14-15-16-17-18-19-24(22(25)26)21(2)20-23/h21H,3-20,23H2,1-2H3,(H,25,26). The van der Waals surface area contributed by atoms with Crippen molar-refractivity contribution in [3.63, 3.8) is 0 Å². The third-order valence-electron chi connectivity index (χ3n) is 5.37. The number of rotatable bonds is 19. The largest absolute Gasteiger partial charge is 0.465 e. The minimum Gasteiger partial charge on any atom is -0.465 e. The number of unbranched alkanes of at least 4 members (excludes halogenated alkanes) is 15. The lowest BCUT2D eigenvalue weighted by Gasteiger charge is -2.25. The van der Waals surface area contributed by atoms with Crippen LogP contribution in [0.15, 0.2) is 0 Å². The predicted octanol–water partition coefficient (Wildman–Crippen LogP) is 6.58. The maximum atomic E-state index is 11.2. The first-order valence-corrected chi connectivity index (χ1v) is 11.3. The van der Waals surface area contributed by atoms with Crippen molar-refractivity contribution < 1.29 is 9.90 Å². The van der Waals surface area contributed by atoms with Crippen molar-refractivity contribution in [2.45, 2.75) is 123 Å². The third kappa shape index (κ3) is 15.5. The molecule has 0 aromatic carbocycles. The van der Waals surface area contributed by atoms with E-state index in [9.17, 15) is 9.90 Å². The molecule has 1 unspecified atom stereocenters. The summed E-state index contributed by atoms with van der Waals surface area (Å²) in [7, 11) is 0. The number of carboxylic acid groups (broad SMARTS) is 1. The highest BCUT2D eigenvalue weighted by molar-refractivity contribution is 5.65. The summed E-state index contributed by atoms with van der Waals surface area (Å²) in [6, 6.07) is -0.0798. The number of amides is 1. The fraction of sp³-hybridized carbons (Fsp3) is 0.955. The van der Waals surface area contributed by atoms with Gasteiger partial charge in [0.1, 0.15) is 0 Å². The van der Waals surface area contributed by atoms with Crippen molar-refractivity contribution in [3.8, 4) is 0 Å². The van der Waals surface area contributed by atoms with Gasteiger partial charge >= 0.3 is 6.09 Å². The second-order valence-corrected chi connectivity index (χ2v) is 7.86. The monoisotopic (exact) mass is 370 g/mol. The molecule has 0 saturated carbocycles. The quantitative estimate of drug-likeness (QED) is 0.252. The van der Waals surface area contributed by atoms with Crippen LogP contribution in [0, 0.1) is 0 Å². The van der Waals surface area contributed by atoms with E-state index in [1.54, 1.807) is 0 Å². The SMILES string of the molecule is CCCCCCCCCCCCCCCCCCN(C(=O)O)C(C)CN. The zero-order valence-electron chi connectivity index (χ0n) is 17.7. The minimum absolute atomic E-state index is 0.0798. The average Bonchev–Trinajstić information content (AvgIpc) is 2.63. The van der Waals surface area contributed by atoms with E-state index < -0.39 is 6.09 Å². The van der Waals surface area contributed by atoms with Crippen LogP contribution in [-0.4, -0.2) is 35.2 Å². The molecule has 0 aliphatic carbocycles. The van der Waals surface area contributed by atoms with E-state index in [1.165, 1.54) is 94.8 Å². The number of nitrogens with two attached hydrogens (primary N) is 1. The summed E-state index contributed by atoms with van der Waals surface area (Å²) in [4.78, 5) is 12.6. The summed E-state index contributed by atoms with van der Waals surface area (Å²) in [5, 5.41) is 9.17. The van der Waals surface area contributed by atoms with Gasteiger partial charge in [0.15, 0.2) is 0 Å². The molecule has 0 bridgehead atoms. The first-order valence-electron chi connectivity index (χ1n) is 11.3. The summed E-state index contributed by atoms with van der Waals surface area (Å²) in [6.07, 6.45) is 20.5. The summed E-state index contributed by atoms with van der Waals surface area (Å²) in [5.74, 6) is 0. The van der Waals surface area contributed by atoms with Crippen molar-refractivity contribution in [2.24, 2.45) is 5.73 Å². The Morgan fingerprint density at radius 2 is 1.12 bits per heavy atom. The molecule has 4 nitrogen and oxygen atoms in total. The van der Waals surface area contributed by atoms with Crippen molar-refractivity contribution in [3.05, 3.63) is 0 Å². The van der Waals surface area contributed by atoms with Gasteiger partial charge < -0.3 is 15.7 Å². The van der Waals surface area contributed by atoms with E-state index in [0.717, 1.165) is 12.8 Å². The number of carbonyl (C=O) groups is 1. The zero-order valence-corrected chi connectivity index (χ0v) is 17.7. The Bertz CT molecular complexity index is 311. The molecule has 0 aliphatic rings. The number of hydrogen-bond donors (Lipinski definition) is 2. The lowest BCUT2D eigenvalue weighted by atomic mass is 10.0. The summed E-state index contributed by atoms with van der Waals surface area (Å²) in [5.41, 5.74) is 5.57. The molecule has 26 heavy (non-hydrogen) atoms. The van der Waals surface area contributed by atoms with E-state index >= 15 is 0 Å². The molecule has 4 heteroatoms. The highest BCUT2D eigenvalue weighted by Crippen LogP contribution is 2.14. The van der Waals surface area contributed by atoms with Gasteiger partial charge in [-0.2, -0.15) is 0 Å². The lowest BCUT2D eigenvalue weighted by molar-refractivity contribution is 0.128. The van der Waals surface area contributed by atoms with Gasteiger partial charge in [-0.3, -0.25) is 0 Å². The van der Waals surface area contributed by atoms with Gasteiger partial charge in [0.05, 0.1) is 0 Å². The van der Waals surface area contributed by atoms with Gasteiger partial charge in [0.2, 0.25) is 0 Å². The average molecular weight is 371 g/mol. The Balaban J connectivity index is 3.27. The Morgan fingerprint density at radius 1 is 0.769 bits per heavy atom. The maximum absolute atomic E-state index is 11.2. The molecular weight excluding hydrogens is 324 g/mol. The van der Waals surface area contributed by atoms with Gasteiger partial charge in [0.25, 0.3) is 0 Å². The molecule has 0 aliphatic heterocycles. The van der Waals surface area contributed by atoms with E-state index in [1.807, 2.05) is 6.92 Å². The highest BCUT2D eigenvalue weighted by Gasteiger charge is 2.16. The highest BCUT2D eigenvalue weighted by atomic mass is 16.4. The molecule has 0 aromatic heterocycles. The molecule has 0 saturated heterocycles. The van der Waals surface area contributed by atoms with Gasteiger partial charge in [-0.25, -0.2) is 4.79 Å². The lowest BCUT2D eigenvalue weighted by Crippen LogP contribution is -2.42. The van der Waals surface area contributed by atoms with Crippen molar-refractivity contribution in [1.29, 1.82) is 0 Å². The number of nitrogens with zero attached hydrogens (tertiary/aromatic N) is 1. The van der Waals surface area contributed by atoms with Crippen LogP contribution < -0.4 is 5.73 Å². The van der Waals surface area contributed by atoms with E-state index in [4.69, 9.17) is 5.73 Å². The molecule has 0 rings (SSSR count). The second-order valence-electron chi connectivity index (χ2n) is 7.86. The Kier molecular flexibility index (Phi) is 18.4. The van der Waals surface area contributed by atoms with Gasteiger partial charge in [-0.05, 0) is 13.3 Å². The maximum Gasteiger partial charge on any atom is 0.407 e. The molecule has 0 heterocycles. The van der Waals surface area contributed by atoms with E-state index in [0.29, 0.717) is 13.1 Å². The van der Waals surface area contributed by atoms with Gasteiger partial charge in [-0.1, -0.05) is 103 Å². The first kappa shape index (κ1) is 25.2. The van der Waals surface area contributed by atoms with Crippen LogP contribution in [0.2, 0.25) is 0 Å².